The molecule has 0 fully saturated rings. The largest absolute Gasteiger partial charge is 0.295 e. The fourth-order valence-electron chi connectivity index (χ4n) is 1.09. The Hall–Kier alpha value is -1.63. The number of ketones is 1. The van der Waals surface area contributed by atoms with Gasteiger partial charge in [0.15, 0.2) is 5.78 Å². The van der Waals surface area contributed by atoms with Crippen molar-refractivity contribution in [2.24, 2.45) is 0 Å². The lowest BCUT2D eigenvalue weighted by molar-refractivity contribution is -0.112. The molecule has 0 amide bonds. The molecule has 0 radical (unpaired) electrons. The predicted octanol–water partition coefficient (Wildman–Crippen LogP) is 4.16. The van der Waals surface area contributed by atoms with Gasteiger partial charge in [0.1, 0.15) is 0 Å². The third kappa shape index (κ3) is 8.95. The lowest BCUT2D eigenvalue weighted by atomic mass is 10.2. The van der Waals surface area contributed by atoms with E-state index in [0.29, 0.717) is 0 Å². The zero-order valence-corrected chi connectivity index (χ0v) is 10.5. The van der Waals surface area contributed by atoms with Crippen LogP contribution in [0.4, 0.5) is 0 Å². The zero-order valence-electron chi connectivity index (χ0n) is 10.5. The van der Waals surface area contributed by atoms with Crippen LogP contribution in [0, 0.1) is 0 Å². The van der Waals surface area contributed by atoms with Crippen molar-refractivity contribution < 1.29 is 4.79 Å². The van der Waals surface area contributed by atoms with Gasteiger partial charge in [-0.1, -0.05) is 48.1 Å². The van der Waals surface area contributed by atoms with Gasteiger partial charge < -0.3 is 0 Å². The second-order valence-electron chi connectivity index (χ2n) is 3.65. The molecular formula is C15H20O. The molecule has 0 unspecified atom stereocenters. The molecule has 0 bridgehead atoms. The molecule has 86 valence electrons. The number of carbonyl (C=O) groups excluding carboxylic acids is 1. The van der Waals surface area contributed by atoms with Gasteiger partial charge in [0.25, 0.3) is 0 Å². The molecule has 1 heteroatoms. The molecule has 16 heavy (non-hydrogen) atoms. The molecule has 0 aliphatic heterocycles. The highest BCUT2D eigenvalue weighted by atomic mass is 16.1. The van der Waals surface area contributed by atoms with E-state index in [1.165, 1.54) is 5.57 Å². The molecule has 0 aromatic heterocycles. The average molecular weight is 216 g/mol. The third-order valence-corrected chi connectivity index (χ3v) is 1.81. The highest BCUT2D eigenvalue weighted by Gasteiger charge is 1.85. The summed E-state index contributed by atoms with van der Waals surface area (Å²) >= 11 is 0. The second kappa shape index (κ2) is 8.66. The van der Waals surface area contributed by atoms with Gasteiger partial charge in [-0.3, -0.25) is 4.79 Å². The lowest BCUT2D eigenvalue weighted by Crippen LogP contribution is -1.82. The van der Waals surface area contributed by atoms with Crippen LogP contribution in [0.1, 0.15) is 27.7 Å². The first kappa shape index (κ1) is 14.4. The summed E-state index contributed by atoms with van der Waals surface area (Å²) in [5.74, 6) is 0.0795. The predicted molar refractivity (Wildman–Crippen MR) is 71.3 cm³/mol. The van der Waals surface area contributed by atoms with Gasteiger partial charge in [-0.25, -0.2) is 0 Å². The normalized spacial score (nSPS) is 14.5. The number of allylic oxidation sites excluding steroid dienone is 10. The third-order valence-electron chi connectivity index (χ3n) is 1.81. The summed E-state index contributed by atoms with van der Waals surface area (Å²) < 4.78 is 0. The highest BCUT2D eigenvalue weighted by Crippen LogP contribution is 1.99. The Morgan fingerprint density at radius 1 is 0.875 bits per heavy atom. The Bertz CT molecular complexity index is 363. The summed E-state index contributed by atoms with van der Waals surface area (Å²) in [4.78, 5) is 10.8. The zero-order chi connectivity index (χ0) is 12.4. The van der Waals surface area contributed by atoms with Crippen molar-refractivity contribution in [1.82, 2.24) is 0 Å². The maximum Gasteiger partial charge on any atom is 0.152 e. The van der Waals surface area contributed by atoms with Crippen molar-refractivity contribution in [3.05, 3.63) is 59.8 Å². The van der Waals surface area contributed by atoms with E-state index in [2.05, 4.69) is 0 Å². The van der Waals surface area contributed by atoms with Crippen LogP contribution in [0.25, 0.3) is 0 Å². The summed E-state index contributed by atoms with van der Waals surface area (Å²) in [5, 5.41) is 0. The smallest absolute Gasteiger partial charge is 0.152 e. The minimum absolute atomic E-state index is 0.0795. The van der Waals surface area contributed by atoms with Gasteiger partial charge in [0.2, 0.25) is 0 Å². The highest BCUT2D eigenvalue weighted by molar-refractivity contribution is 5.88. The average Bonchev–Trinajstić information content (AvgIpc) is 2.17. The molecule has 0 aromatic carbocycles. The molecule has 0 spiro atoms. The lowest BCUT2D eigenvalue weighted by Gasteiger charge is -1.89. The standard InChI is InChI=1S/C15H20O/c1-5-6-7-9-13(2)10-8-11-14(3)12-15(4)16/h5-12H,1-4H3. The SMILES string of the molecule is CC=CC=CC(C)=CC=CC(C)=CC(C)=O. The summed E-state index contributed by atoms with van der Waals surface area (Å²) in [7, 11) is 0. The minimum Gasteiger partial charge on any atom is -0.295 e. The van der Waals surface area contributed by atoms with Gasteiger partial charge in [-0.05, 0) is 39.3 Å². The number of rotatable bonds is 5. The van der Waals surface area contributed by atoms with E-state index < -0.39 is 0 Å². The van der Waals surface area contributed by atoms with Crippen LogP contribution in [0.15, 0.2) is 59.8 Å². The van der Waals surface area contributed by atoms with Gasteiger partial charge in [-0.2, -0.15) is 0 Å². The van der Waals surface area contributed by atoms with Crippen LogP contribution in [-0.4, -0.2) is 5.78 Å². The summed E-state index contributed by atoms with van der Waals surface area (Å²) in [6.45, 7) is 7.49. The van der Waals surface area contributed by atoms with Gasteiger partial charge in [0, 0.05) is 0 Å². The van der Waals surface area contributed by atoms with Crippen molar-refractivity contribution >= 4 is 5.78 Å². The van der Waals surface area contributed by atoms with E-state index in [0.717, 1.165) is 5.57 Å². The molecule has 0 N–H and O–H groups in total. The van der Waals surface area contributed by atoms with Crippen LogP contribution >= 0.6 is 0 Å². The Kier molecular flexibility index (Phi) is 7.78. The number of carbonyl (C=O) groups is 1. The first-order valence-electron chi connectivity index (χ1n) is 5.39. The van der Waals surface area contributed by atoms with Crippen molar-refractivity contribution in [1.29, 1.82) is 0 Å². The fraction of sp³-hybridized carbons (Fsp3) is 0.267. The van der Waals surface area contributed by atoms with Crippen molar-refractivity contribution in [2.75, 3.05) is 0 Å². The van der Waals surface area contributed by atoms with E-state index in [1.54, 1.807) is 13.0 Å². The quantitative estimate of drug-likeness (QED) is 0.498. The number of hydrogen-bond acceptors (Lipinski definition) is 1. The Morgan fingerprint density at radius 3 is 2.06 bits per heavy atom. The molecule has 0 heterocycles. The second-order valence-corrected chi connectivity index (χ2v) is 3.65. The number of hydrogen-bond donors (Lipinski definition) is 0. The van der Waals surface area contributed by atoms with E-state index in [-0.39, 0.29) is 5.78 Å². The minimum atomic E-state index is 0.0795. The van der Waals surface area contributed by atoms with Crippen molar-refractivity contribution in [2.45, 2.75) is 27.7 Å². The van der Waals surface area contributed by atoms with E-state index in [9.17, 15) is 4.79 Å². The topological polar surface area (TPSA) is 17.1 Å². The van der Waals surface area contributed by atoms with Crippen LogP contribution < -0.4 is 0 Å². The van der Waals surface area contributed by atoms with Gasteiger partial charge >= 0.3 is 0 Å². The Balaban J connectivity index is 4.36. The van der Waals surface area contributed by atoms with Gasteiger partial charge in [0.05, 0.1) is 0 Å². The maximum absolute atomic E-state index is 10.8. The maximum atomic E-state index is 10.8. The molecular weight excluding hydrogens is 196 g/mol. The Morgan fingerprint density at radius 2 is 1.50 bits per heavy atom. The fourth-order valence-corrected chi connectivity index (χ4v) is 1.09. The molecule has 1 nitrogen and oxygen atoms in total. The Labute approximate surface area is 98.6 Å². The van der Waals surface area contributed by atoms with Gasteiger partial charge in [-0.15, -0.1) is 0 Å². The first-order valence-corrected chi connectivity index (χ1v) is 5.39. The van der Waals surface area contributed by atoms with E-state index >= 15 is 0 Å². The summed E-state index contributed by atoms with van der Waals surface area (Å²) in [6.07, 6.45) is 15.5. The van der Waals surface area contributed by atoms with Crippen molar-refractivity contribution in [3.8, 4) is 0 Å². The van der Waals surface area contributed by atoms with Crippen LogP contribution in [0.5, 0.6) is 0 Å². The monoisotopic (exact) mass is 216 g/mol. The molecule has 0 aromatic rings. The van der Waals surface area contributed by atoms with Crippen LogP contribution in [0.3, 0.4) is 0 Å². The molecule has 0 aliphatic rings. The van der Waals surface area contributed by atoms with Crippen molar-refractivity contribution in [3.63, 3.8) is 0 Å². The molecule has 0 saturated carbocycles. The van der Waals surface area contributed by atoms with Crippen LogP contribution in [-0.2, 0) is 4.79 Å². The first-order chi connectivity index (χ1) is 7.56. The molecule has 0 atom stereocenters. The summed E-state index contributed by atoms with van der Waals surface area (Å²) in [6, 6.07) is 0. The molecule has 0 aliphatic carbocycles. The molecule has 0 saturated heterocycles. The van der Waals surface area contributed by atoms with E-state index in [1.807, 2.05) is 63.3 Å². The summed E-state index contributed by atoms with van der Waals surface area (Å²) in [5.41, 5.74) is 2.14. The molecule has 0 rings (SSSR count). The van der Waals surface area contributed by atoms with E-state index in [4.69, 9.17) is 0 Å². The van der Waals surface area contributed by atoms with Crippen LogP contribution in [0.2, 0.25) is 0 Å².